The molecule has 0 aliphatic carbocycles. The monoisotopic (exact) mass is 371 g/mol. The fourth-order valence-corrected chi connectivity index (χ4v) is 3.32. The van der Waals surface area contributed by atoms with Gasteiger partial charge < -0.3 is 19.3 Å². The van der Waals surface area contributed by atoms with Crippen molar-refractivity contribution >= 4 is 24.3 Å². The van der Waals surface area contributed by atoms with Crippen LogP contribution in [0.5, 0.6) is 0 Å². The minimum atomic E-state index is -4.43. The summed E-state index contributed by atoms with van der Waals surface area (Å²) in [5, 5.41) is 16.9. The van der Waals surface area contributed by atoms with Gasteiger partial charge in [0.25, 0.3) is 5.56 Å². The zero-order valence-corrected chi connectivity index (χ0v) is 13.8. The van der Waals surface area contributed by atoms with Gasteiger partial charge in [0.15, 0.2) is 0 Å². The van der Waals surface area contributed by atoms with E-state index in [1.165, 1.54) is 16.8 Å². The highest BCUT2D eigenvalue weighted by Crippen LogP contribution is 2.38. The number of rotatable bonds is 3. The summed E-state index contributed by atoms with van der Waals surface area (Å²) < 4.78 is 14.2. The zero-order chi connectivity index (χ0) is 18.5. The molecule has 0 spiro atoms. The van der Waals surface area contributed by atoms with E-state index in [0.29, 0.717) is 16.7 Å². The molecule has 0 atom stereocenters. The molecular weight excluding hydrogens is 361 g/mol. The Morgan fingerprint density at radius 3 is 2.77 bits per heavy atom. The number of benzene rings is 1. The summed E-state index contributed by atoms with van der Waals surface area (Å²) in [6.07, 6.45) is 4.03. The molecule has 4 aromatic rings. The predicted molar refractivity (Wildman–Crippen MR) is 88.7 cm³/mol. The van der Waals surface area contributed by atoms with Gasteiger partial charge in [0.05, 0.1) is 28.6 Å². The minimum Gasteiger partial charge on any atom is -0.324 e. The van der Waals surface area contributed by atoms with Gasteiger partial charge in [-0.2, -0.15) is 5.26 Å². The molecule has 130 valence electrons. The summed E-state index contributed by atoms with van der Waals surface area (Å²) in [5.41, 5.74) is 0.811. The van der Waals surface area contributed by atoms with Crippen LogP contribution in [0.3, 0.4) is 0 Å². The normalized spacial score (nSPS) is 11.9. The van der Waals surface area contributed by atoms with Crippen molar-refractivity contribution in [3.05, 3.63) is 52.6 Å². The molecule has 12 heteroatoms. The van der Waals surface area contributed by atoms with E-state index in [9.17, 15) is 24.4 Å². The van der Waals surface area contributed by atoms with Crippen molar-refractivity contribution in [3.8, 4) is 11.8 Å². The Morgan fingerprint density at radius 1 is 1.31 bits per heavy atom. The van der Waals surface area contributed by atoms with Gasteiger partial charge in [0.2, 0.25) is 5.65 Å². The first-order valence-electron chi connectivity index (χ1n) is 7.24. The number of hydrogen-bond donors (Lipinski definition) is 3. The van der Waals surface area contributed by atoms with Crippen molar-refractivity contribution in [3.63, 3.8) is 0 Å². The molecular formula is C14H10N7O4P. The lowest BCUT2D eigenvalue weighted by Crippen LogP contribution is -2.13. The van der Waals surface area contributed by atoms with Crippen molar-refractivity contribution in [1.82, 2.24) is 29.1 Å². The first kappa shape index (κ1) is 16.2. The topological polar surface area (TPSA) is 162 Å². The summed E-state index contributed by atoms with van der Waals surface area (Å²) in [6.45, 7) is 0. The van der Waals surface area contributed by atoms with Gasteiger partial charge in [-0.1, -0.05) is 0 Å². The molecule has 3 N–H and O–H groups in total. The molecule has 3 heterocycles. The fourth-order valence-electron chi connectivity index (χ4n) is 2.75. The molecule has 0 saturated heterocycles. The number of nitrogens with zero attached hydrogens (tertiary/aromatic N) is 6. The van der Waals surface area contributed by atoms with Gasteiger partial charge in [-0.25, -0.2) is 4.98 Å². The van der Waals surface area contributed by atoms with Crippen molar-refractivity contribution in [2.24, 2.45) is 0 Å². The highest BCUT2D eigenvalue weighted by Gasteiger charge is 2.22. The zero-order valence-electron chi connectivity index (χ0n) is 12.9. The summed E-state index contributed by atoms with van der Waals surface area (Å²) in [5.74, 6) is -0.0660. The Kier molecular flexibility index (Phi) is 3.48. The molecule has 0 radical (unpaired) electrons. The fraction of sp³-hybridized carbons (Fsp3) is 0.0714. The van der Waals surface area contributed by atoms with E-state index in [4.69, 9.17) is 0 Å². The van der Waals surface area contributed by atoms with E-state index in [1.807, 2.05) is 0 Å². The van der Waals surface area contributed by atoms with Crippen LogP contribution in [0, 0.1) is 11.3 Å². The number of aromatic nitrogens is 6. The maximum absolute atomic E-state index is 12.3. The standard InChI is InChI=1S/C14H10N7O4P/c15-5-8-3-11-9(4-10(8)20-2-1-16-7-20)17-14(22)13-19-18-12(21(11)13)6-26(23,24)25/h1-4,7H,6H2,(H,17,22)(H2,23,24,25). The molecule has 11 nitrogen and oxygen atoms in total. The summed E-state index contributed by atoms with van der Waals surface area (Å²) in [7, 11) is -4.43. The molecule has 0 aliphatic heterocycles. The summed E-state index contributed by atoms with van der Waals surface area (Å²) in [4.78, 5) is 37.3. The molecule has 0 unspecified atom stereocenters. The number of nitriles is 1. The van der Waals surface area contributed by atoms with E-state index in [0.717, 1.165) is 0 Å². The third-order valence-corrected chi connectivity index (χ3v) is 4.48. The van der Waals surface area contributed by atoms with Crippen LogP contribution in [0.2, 0.25) is 0 Å². The van der Waals surface area contributed by atoms with Crippen LogP contribution >= 0.6 is 7.60 Å². The van der Waals surface area contributed by atoms with E-state index >= 15 is 0 Å². The SMILES string of the molecule is N#Cc1cc2c(cc1-n1ccnc1)[nH]c(=O)c1nnc(CP(=O)(O)O)n12. The highest BCUT2D eigenvalue weighted by molar-refractivity contribution is 7.50. The molecule has 1 aromatic carbocycles. The Balaban J connectivity index is 2.10. The Labute approximate surface area is 144 Å². The minimum absolute atomic E-state index is 0.0660. The molecule has 4 rings (SSSR count). The van der Waals surface area contributed by atoms with Gasteiger partial charge >= 0.3 is 7.60 Å². The third kappa shape index (κ3) is 2.58. The maximum atomic E-state index is 12.3. The van der Waals surface area contributed by atoms with Crippen LogP contribution < -0.4 is 5.56 Å². The lowest BCUT2D eigenvalue weighted by molar-refractivity contribution is 0.370. The van der Waals surface area contributed by atoms with Crippen LogP contribution in [0.4, 0.5) is 0 Å². The third-order valence-electron chi connectivity index (χ3n) is 3.79. The maximum Gasteiger partial charge on any atom is 0.333 e. The lowest BCUT2D eigenvalue weighted by atomic mass is 10.1. The van der Waals surface area contributed by atoms with Gasteiger partial charge in [-0.3, -0.25) is 13.8 Å². The highest BCUT2D eigenvalue weighted by atomic mass is 31.2. The van der Waals surface area contributed by atoms with E-state index in [-0.39, 0.29) is 17.0 Å². The Bertz CT molecular complexity index is 1290. The average molecular weight is 371 g/mol. The van der Waals surface area contributed by atoms with Gasteiger partial charge in [0.1, 0.15) is 18.1 Å². The van der Waals surface area contributed by atoms with E-state index in [1.54, 1.807) is 23.0 Å². The van der Waals surface area contributed by atoms with Crippen LogP contribution in [0.1, 0.15) is 11.4 Å². The molecule has 0 aliphatic rings. The largest absolute Gasteiger partial charge is 0.333 e. The van der Waals surface area contributed by atoms with Crippen molar-refractivity contribution < 1.29 is 14.4 Å². The number of nitrogens with one attached hydrogen (secondary N) is 1. The molecule has 26 heavy (non-hydrogen) atoms. The first-order chi connectivity index (χ1) is 12.4. The Hall–Kier alpha value is -3.32. The number of H-pyrrole nitrogens is 1. The van der Waals surface area contributed by atoms with Gasteiger partial charge in [-0.05, 0) is 12.1 Å². The van der Waals surface area contributed by atoms with Gasteiger partial charge in [0, 0.05) is 12.4 Å². The molecule has 0 fully saturated rings. The van der Waals surface area contributed by atoms with Crippen LogP contribution in [-0.4, -0.2) is 38.9 Å². The second kappa shape index (κ2) is 5.60. The molecule has 3 aromatic heterocycles. The number of imidazole rings is 1. The molecule has 0 amide bonds. The quantitative estimate of drug-likeness (QED) is 0.433. The number of fused-ring (bicyclic) bond motifs is 3. The first-order valence-corrected chi connectivity index (χ1v) is 9.04. The van der Waals surface area contributed by atoms with Crippen LogP contribution in [0.25, 0.3) is 22.4 Å². The van der Waals surface area contributed by atoms with Crippen molar-refractivity contribution in [2.75, 3.05) is 0 Å². The van der Waals surface area contributed by atoms with Crippen LogP contribution in [-0.2, 0) is 10.7 Å². The van der Waals surface area contributed by atoms with E-state index in [2.05, 4.69) is 26.2 Å². The van der Waals surface area contributed by atoms with Crippen LogP contribution in [0.15, 0.2) is 35.6 Å². The lowest BCUT2D eigenvalue weighted by Gasteiger charge is -2.10. The number of hydrogen-bond acceptors (Lipinski definition) is 6. The molecule has 0 saturated carbocycles. The second-order valence-electron chi connectivity index (χ2n) is 5.52. The number of aromatic amines is 1. The van der Waals surface area contributed by atoms with Gasteiger partial charge in [-0.15, -0.1) is 10.2 Å². The predicted octanol–water partition coefficient (Wildman–Crippen LogP) is 0.306. The molecule has 0 bridgehead atoms. The second-order valence-corrected chi connectivity index (χ2v) is 7.17. The smallest absolute Gasteiger partial charge is 0.324 e. The summed E-state index contributed by atoms with van der Waals surface area (Å²) >= 11 is 0. The van der Waals surface area contributed by atoms with Crippen molar-refractivity contribution in [1.29, 1.82) is 5.26 Å². The van der Waals surface area contributed by atoms with E-state index < -0.39 is 19.3 Å². The average Bonchev–Trinajstić information content (AvgIpc) is 3.23. The van der Waals surface area contributed by atoms with Crippen molar-refractivity contribution in [2.45, 2.75) is 6.16 Å². The summed E-state index contributed by atoms with van der Waals surface area (Å²) in [6, 6.07) is 5.15. The Morgan fingerprint density at radius 2 is 2.12 bits per heavy atom.